The zero-order valence-electron chi connectivity index (χ0n) is 11.4. The molecule has 102 valence electrons. The zero-order chi connectivity index (χ0) is 12.8. The quantitative estimate of drug-likeness (QED) is 0.812. The second kappa shape index (κ2) is 6.34. The minimum Gasteiger partial charge on any atom is -0.396 e. The maximum Gasteiger partial charge on any atom is 0.122 e. The van der Waals surface area contributed by atoms with Crippen molar-refractivity contribution < 1.29 is 5.11 Å². The van der Waals surface area contributed by atoms with Gasteiger partial charge in [0, 0.05) is 37.5 Å². The van der Waals surface area contributed by atoms with Gasteiger partial charge in [-0.25, -0.2) is 4.98 Å². The Hall–Kier alpha value is -0.870. The van der Waals surface area contributed by atoms with Gasteiger partial charge in [-0.05, 0) is 19.8 Å². The van der Waals surface area contributed by atoms with Gasteiger partial charge in [0.15, 0.2) is 0 Å². The molecule has 2 N–H and O–H groups in total. The van der Waals surface area contributed by atoms with E-state index in [-0.39, 0.29) is 5.41 Å². The summed E-state index contributed by atoms with van der Waals surface area (Å²) in [5, 5.41) is 13.1. The number of aryl methyl sites for hydroxylation is 1. The van der Waals surface area contributed by atoms with Gasteiger partial charge in [0.25, 0.3) is 0 Å². The van der Waals surface area contributed by atoms with Crippen molar-refractivity contribution >= 4 is 0 Å². The van der Waals surface area contributed by atoms with Crippen molar-refractivity contribution in [2.45, 2.75) is 52.1 Å². The van der Waals surface area contributed by atoms with Gasteiger partial charge in [0.2, 0.25) is 0 Å². The Morgan fingerprint density at radius 1 is 1.39 bits per heavy atom. The molecule has 4 heteroatoms. The maximum absolute atomic E-state index is 9.64. The van der Waals surface area contributed by atoms with E-state index in [0.29, 0.717) is 6.61 Å². The van der Waals surface area contributed by atoms with Crippen molar-refractivity contribution in [1.82, 2.24) is 14.9 Å². The third-order valence-electron chi connectivity index (χ3n) is 4.18. The molecule has 1 aliphatic rings. The van der Waals surface area contributed by atoms with E-state index < -0.39 is 0 Å². The van der Waals surface area contributed by atoms with Gasteiger partial charge in [0.05, 0.1) is 6.54 Å². The van der Waals surface area contributed by atoms with E-state index in [1.807, 2.05) is 12.4 Å². The van der Waals surface area contributed by atoms with Crippen molar-refractivity contribution in [1.29, 1.82) is 0 Å². The molecule has 0 saturated heterocycles. The van der Waals surface area contributed by atoms with Crippen molar-refractivity contribution in [3.05, 3.63) is 18.2 Å². The lowest BCUT2D eigenvalue weighted by molar-refractivity contribution is 0.0808. The minimum atomic E-state index is 0.113. The van der Waals surface area contributed by atoms with E-state index in [4.69, 9.17) is 0 Å². The van der Waals surface area contributed by atoms with Crippen molar-refractivity contribution in [3.63, 3.8) is 0 Å². The first-order valence-corrected chi connectivity index (χ1v) is 7.11. The molecule has 0 bridgehead atoms. The predicted molar refractivity (Wildman–Crippen MR) is 72.2 cm³/mol. The van der Waals surface area contributed by atoms with Crippen LogP contribution in [0.2, 0.25) is 0 Å². The van der Waals surface area contributed by atoms with Crippen molar-refractivity contribution in [3.8, 4) is 0 Å². The third kappa shape index (κ3) is 3.12. The van der Waals surface area contributed by atoms with Crippen LogP contribution in [-0.2, 0) is 13.1 Å². The summed E-state index contributed by atoms with van der Waals surface area (Å²) in [5.41, 5.74) is 0.113. The summed E-state index contributed by atoms with van der Waals surface area (Å²) in [6, 6.07) is 0. The summed E-state index contributed by atoms with van der Waals surface area (Å²) in [7, 11) is 0. The van der Waals surface area contributed by atoms with Gasteiger partial charge in [0.1, 0.15) is 5.82 Å². The topological polar surface area (TPSA) is 50.1 Å². The molecular formula is C14H25N3O. The molecular weight excluding hydrogens is 226 g/mol. The van der Waals surface area contributed by atoms with Crippen LogP contribution in [0.5, 0.6) is 0 Å². The van der Waals surface area contributed by atoms with Gasteiger partial charge < -0.3 is 15.0 Å². The normalized spacial score (nSPS) is 19.0. The zero-order valence-corrected chi connectivity index (χ0v) is 11.4. The van der Waals surface area contributed by atoms with Gasteiger partial charge in [-0.2, -0.15) is 0 Å². The van der Waals surface area contributed by atoms with Crippen LogP contribution in [0, 0.1) is 5.41 Å². The lowest BCUT2D eigenvalue weighted by Crippen LogP contribution is -2.39. The smallest absolute Gasteiger partial charge is 0.122 e. The first-order valence-electron chi connectivity index (χ1n) is 7.11. The number of hydrogen-bond acceptors (Lipinski definition) is 3. The molecule has 0 aromatic carbocycles. The predicted octanol–water partition coefficient (Wildman–Crippen LogP) is 1.94. The Labute approximate surface area is 109 Å². The Kier molecular flexibility index (Phi) is 4.78. The van der Waals surface area contributed by atoms with Crippen LogP contribution in [0.25, 0.3) is 0 Å². The van der Waals surface area contributed by atoms with Crippen molar-refractivity contribution in [2.75, 3.05) is 13.2 Å². The van der Waals surface area contributed by atoms with Gasteiger partial charge in [-0.15, -0.1) is 0 Å². The van der Waals surface area contributed by atoms with Gasteiger partial charge in [-0.3, -0.25) is 0 Å². The molecule has 1 aromatic heterocycles. The number of imidazole rings is 1. The summed E-state index contributed by atoms with van der Waals surface area (Å²) in [4.78, 5) is 4.36. The Bertz CT molecular complexity index is 356. The summed E-state index contributed by atoms with van der Waals surface area (Å²) in [5.74, 6) is 1.08. The fourth-order valence-corrected chi connectivity index (χ4v) is 2.93. The average molecular weight is 251 g/mol. The molecule has 2 rings (SSSR count). The van der Waals surface area contributed by atoms with Crippen LogP contribution in [0.1, 0.15) is 44.9 Å². The third-order valence-corrected chi connectivity index (χ3v) is 4.18. The maximum atomic E-state index is 9.64. The van der Waals surface area contributed by atoms with E-state index >= 15 is 0 Å². The Morgan fingerprint density at radius 2 is 2.17 bits per heavy atom. The van der Waals surface area contributed by atoms with E-state index in [9.17, 15) is 5.11 Å². The second-order valence-corrected chi connectivity index (χ2v) is 5.45. The molecule has 0 spiro atoms. The van der Waals surface area contributed by atoms with Crippen LogP contribution >= 0.6 is 0 Å². The van der Waals surface area contributed by atoms with Crippen molar-refractivity contribution in [2.24, 2.45) is 5.41 Å². The van der Waals surface area contributed by atoms with Gasteiger partial charge in [-0.1, -0.05) is 19.3 Å². The highest BCUT2D eigenvalue weighted by atomic mass is 16.3. The highest BCUT2D eigenvalue weighted by Crippen LogP contribution is 2.35. The highest BCUT2D eigenvalue weighted by Gasteiger charge is 2.30. The summed E-state index contributed by atoms with van der Waals surface area (Å²) < 4.78 is 2.15. The van der Waals surface area contributed by atoms with E-state index in [2.05, 4.69) is 21.8 Å². The van der Waals surface area contributed by atoms with Crippen LogP contribution in [0.4, 0.5) is 0 Å². The first kappa shape index (κ1) is 13.6. The molecule has 0 aliphatic heterocycles. The number of nitrogens with zero attached hydrogens (tertiary/aromatic N) is 2. The monoisotopic (exact) mass is 251 g/mol. The largest absolute Gasteiger partial charge is 0.396 e. The molecule has 1 saturated carbocycles. The highest BCUT2D eigenvalue weighted by molar-refractivity contribution is 4.92. The van der Waals surface area contributed by atoms with Crippen LogP contribution in [-0.4, -0.2) is 27.8 Å². The fraction of sp³-hybridized carbons (Fsp3) is 0.786. The minimum absolute atomic E-state index is 0.113. The molecule has 1 aliphatic carbocycles. The number of aliphatic hydroxyl groups is 1. The molecule has 1 heterocycles. The number of nitrogens with one attached hydrogen (secondary N) is 1. The van der Waals surface area contributed by atoms with Crippen LogP contribution in [0.15, 0.2) is 12.4 Å². The van der Waals surface area contributed by atoms with E-state index in [0.717, 1.165) is 38.3 Å². The summed E-state index contributed by atoms with van der Waals surface area (Å²) in [6.07, 6.45) is 10.00. The molecule has 0 unspecified atom stereocenters. The van der Waals surface area contributed by atoms with E-state index in [1.54, 1.807) is 0 Å². The number of rotatable bonds is 6. The van der Waals surface area contributed by atoms with Crippen LogP contribution < -0.4 is 5.32 Å². The number of aliphatic hydroxyl groups excluding tert-OH is 1. The van der Waals surface area contributed by atoms with Gasteiger partial charge >= 0.3 is 0 Å². The lowest BCUT2D eigenvalue weighted by Gasteiger charge is -2.35. The first-order chi connectivity index (χ1) is 8.79. The Morgan fingerprint density at radius 3 is 2.83 bits per heavy atom. The Balaban J connectivity index is 1.83. The summed E-state index contributed by atoms with van der Waals surface area (Å²) in [6.45, 7) is 5.09. The SMILES string of the molecule is CCn1ccnc1CNCC1(CO)CCCCC1. The number of aromatic nitrogens is 2. The molecule has 0 radical (unpaired) electrons. The summed E-state index contributed by atoms with van der Waals surface area (Å²) >= 11 is 0. The van der Waals surface area contributed by atoms with Crippen LogP contribution in [0.3, 0.4) is 0 Å². The molecule has 0 atom stereocenters. The second-order valence-electron chi connectivity index (χ2n) is 5.45. The fourth-order valence-electron chi connectivity index (χ4n) is 2.93. The van der Waals surface area contributed by atoms with E-state index in [1.165, 1.54) is 19.3 Å². The standard InChI is InChI=1S/C14H25N3O/c1-2-17-9-8-16-13(17)10-15-11-14(12-18)6-4-3-5-7-14/h8-9,15,18H,2-7,10-12H2,1H3. The average Bonchev–Trinajstić information content (AvgIpc) is 2.87. The number of hydrogen-bond donors (Lipinski definition) is 2. The molecule has 1 aromatic rings. The molecule has 0 amide bonds. The lowest BCUT2D eigenvalue weighted by atomic mass is 9.74. The molecule has 1 fully saturated rings. The molecule has 18 heavy (non-hydrogen) atoms. The molecule has 4 nitrogen and oxygen atoms in total.